The number of anilines is 1. The van der Waals surface area contributed by atoms with Crippen LogP contribution in [0.1, 0.15) is 11.1 Å². The van der Waals surface area contributed by atoms with Crippen molar-refractivity contribution in [2.45, 2.75) is 19.0 Å². The quantitative estimate of drug-likeness (QED) is 0.381. The maximum atomic E-state index is 13.8. The topological polar surface area (TPSA) is 86.8 Å². The van der Waals surface area contributed by atoms with Crippen molar-refractivity contribution in [3.63, 3.8) is 0 Å². The first-order valence-electron chi connectivity index (χ1n) is 11.1. The minimum Gasteiger partial charge on any atom is -0.357 e. The van der Waals surface area contributed by atoms with E-state index < -0.39 is 28.5 Å². The molecule has 0 heterocycles. The second kappa shape index (κ2) is 12.4. The van der Waals surface area contributed by atoms with Crippen LogP contribution in [-0.2, 0) is 32.6 Å². The minimum absolute atomic E-state index is 0.0943. The Morgan fingerprint density at radius 1 is 0.972 bits per heavy atom. The van der Waals surface area contributed by atoms with Crippen LogP contribution in [0.3, 0.4) is 0 Å². The lowest BCUT2D eigenvalue weighted by atomic mass is 10.0. The fourth-order valence-corrected chi connectivity index (χ4v) is 5.11. The van der Waals surface area contributed by atoms with Gasteiger partial charge in [0.05, 0.1) is 11.9 Å². The van der Waals surface area contributed by atoms with Crippen molar-refractivity contribution in [2.24, 2.45) is 0 Å². The van der Waals surface area contributed by atoms with Gasteiger partial charge < -0.3 is 10.2 Å². The standard InChI is InChI=1S/C26H27BrClN3O4S/c1-29-26(33)24(15-19-7-4-3-5-8-19)30(17-20-11-13-22(28)14-12-20)25(32)18-31(36(2,34)35)23-10-6-9-21(27)16-23/h3-14,16,24H,15,17-18H2,1-2H3,(H,29,33)/t24-/m1/s1. The number of hydrogen-bond donors (Lipinski definition) is 1. The molecule has 3 aromatic rings. The molecule has 0 radical (unpaired) electrons. The Bertz CT molecular complexity index is 1300. The van der Waals surface area contributed by atoms with Gasteiger partial charge in [-0.3, -0.25) is 13.9 Å². The van der Waals surface area contributed by atoms with Crippen molar-refractivity contribution in [1.82, 2.24) is 10.2 Å². The monoisotopic (exact) mass is 591 g/mol. The van der Waals surface area contributed by atoms with E-state index in [-0.39, 0.29) is 18.9 Å². The van der Waals surface area contributed by atoms with E-state index in [1.54, 1.807) is 48.5 Å². The molecule has 3 rings (SSSR count). The van der Waals surface area contributed by atoms with E-state index in [4.69, 9.17) is 11.6 Å². The largest absolute Gasteiger partial charge is 0.357 e. The van der Waals surface area contributed by atoms with Crippen LogP contribution in [0, 0.1) is 0 Å². The van der Waals surface area contributed by atoms with Crippen molar-refractivity contribution in [1.29, 1.82) is 0 Å². The third kappa shape index (κ3) is 7.56. The summed E-state index contributed by atoms with van der Waals surface area (Å²) in [4.78, 5) is 28.2. The number of carbonyl (C=O) groups excluding carboxylic acids is 2. The van der Waals surface area contributed by atoms with Gasteiger partial charge in [0.15, 0.2) is 0 Å². The Morgan fingerprint density at radius 3 is 2.22 bits per heavy atom. The molecule has 1 atom stereocenters. The van der Waals surface area contributed by atoms with Gasteiger partial charge in [-0.2, -0.15) is 0 Å². The first-order valence-corrected chi connectivity index (χ1v) is 14.1. The smallest absolute Gasteiger partial charge is 0.244 e. The van der Waals surface area contributed by atoms with Gasteiger partial charge in [0.2, 0.25) is 21.8 Å². The van der Waals surface area contributed by atoms with Crippen LogP contribution >= 0.6 is 27.5 Å². The molecule has 0 aromatic heterocycles. The Kier molecular flexibility index (Phi) is 9.53. The Morgan fingerprint density at radius 2 is 1.64 bits per heavy atom. The van der Waals surface area contributed by atoms with Crippen molar-refractivity contribution in [3.05, 3.63) is 99.5 Å². The lowest BCUT2D eigenvalue weighted by Gasteiger charge is -2.33. The van der Waals surface area contributed by atoms with Crippen LogP contribution in [0.15, 0.2) is 83.3 Å². The zero-order valence-corrected chi connectivity index (χ0v) is 23.1. The van der Waals surface area contributed by atoms with Crippen LogP contribution < -0.4 is 9.62 Å². The highest BCUT2D eigenvalue weighted by Crippen LogP contribution is 2.23. The molecule has 190 valence electrons. The van der Waals surface area contributed by atoms with Gasteiger partial charge in [-0.15, -0.1) is 0 Å². The van der Waals surface area contributed by atoms with E-state index in [2.05, 4.69) is 21.2 Å². The molecular weight excluding hydrogens is 566 g/mol. The van der Waals surface area contributed by atoms with Gasteiger partial charge in [0.25, 0.3) is 0 Å². The zero-order valence-electron chi connectivity index (χ0n) is 19.9. The van der Waals surface area contributed by atoms with E-state index in [9.17, 15) is 18.0 Å². The molecule has 0 spiro atoms. The van der Waals surface area contributed by atoms with Gasteiger partial charge in [-0.1, -0.05) is 76.1 Å². The molecule has 1 N–H and O–H groups in total. The summed E-state index contributed by atoms with van der Waals surface area (Å²) in [5.41, 5.74) is 1.96. The highest BCUT2D eigenvalue weighted by molar-refractivity contribution is 9.10. The van der Waals surface area contributed by atoms with Crippen molar-refractivity contribution < 1.29 is 18.0 Å². The molecule has 0 saturated heterocycles. The molecule has 0 bridgehead atoms. The van der Waals surface area contributed by atoms with Gasteiger partial charge in [-0.05, 0) is 41.5 Å². The molecule has 0 saturated carbocycles. The predicted octanol–water partition coefficient (Wildman–Crippen LogP) is 4.25. The van der Waals surface area contributed by atoms with Gasteiger partial charge in [0, 0.05) is 29.5 Å². The van der Waals surface area contributed by atoms with Crippen molar-refractivity contribution in [2.75, 3.05) is 24.2 Å². The van der Waals surface area contributed by atoms with Crippen molar-refractivity contribution >= 4 is 55.1 Å². The van der Waals surface area contributed by atoms with Crippen LogP contribution in [0.25, 0.3) is 0 Å². The van der Waals surface area contributed by atoms with Crippen LogP contribution in [0.4, 0.5) is 5.69 Å². The molecule has 10 heteroatoms. The van der Waals surface area contributed by atoms with E-state index in [0.29, 0.717) is 15.2 Å². The number of nitrogens with one attached hydrogen (secondary N) is 1. The van der Waals surface area contributed by atoms with E-state index in [1.807, 2.05) is 30.3 Å². The number of carbonyl (C=O) groups is 2. The molecule has 2 amide bonds. The Hall–Kier alpha value is -2.88. The normalized spacial score (nSPS) is 12.0. The number of halogens is 2. The number of likely N-dealkylation sites (N-methyl/N-ethyl adjacent to an activating group) is 1. The molecule has 36 heavy (non-hydrogen) atoms. The summed E-state index contributed by atoms with van der Waals surface area (Å²) in [7, 11) is -2.30. The second-order valence-corrected chi connectivity index (χ2v) is 11.5. The molecule has 0 aliphatic heterocycles. The maximum Gasteiger partial charge on any atom is 0.244 e. The van der Waals surface area contributed by atoms with E-state index in [1.165, 1.54) is 11.9 Å². The first kappa shape index (κ1) is 27.7. The van der Waals surface area contributed by atoms with Gasteiger partial charge in [0.1, 0.15) is 12.6 Å². The number of rotatable bonds is 10. The van der Waals surface area contributed by atoms with Crippen LogP contribution in [-0.4, -0.2) is 51.0 Å². The molecule has 7 nitrogen and oxygen atoms in total. The van der Waals surface area contributed by atoms with E-state index in [0.717, 1.165) is 21.7 Å². The maximum absolute atomic E-state index is 13.8. The lowest BCUT2D eigenvalue weighted by molar-refractivity contribution is -0.139. The van der Waals surface area contributed by atoms with E-state index >= 15 is 0 Å². The van der Waals surface area contributed by atoms with Crippen LogP contribution in [0.2, 0.25) is 5.02 Å². The molecule has 3 aromatic carbocycles. The average molecular weight is 593 g/mol. The summed E-state index contributed by atoms with van der Waals surface area (Å²) in [6.45, 7) is -0.373. The second-order valence-electron chi connectivity index (χ2n) is 8.22. The molecule has 0 aliphatic carbocycles. The fraction of sp³-hybridized carbons (Fsp3) is 0.231. The Labute approximate surface area is 225 Å². The highest BCUT2D eigenvalue weighted by Gasteiger charge is 2.32. The SMILES string of the molecule is CNC(=O)[C@@H](Cc1ccccc1)N(Cc1ccc(Cl)cc1)C(=O)CN(c1cccc(Br)c1)S(C)(=O)=O. The summed E-state index contributed by atoms with van der Waals surface area (Å²) in [6.07, 6.45) is 1.31. The summed E-state index contributed by atoms with van der Waals surface area (Å²) in [5, 5.41) is 3.19. The van der Waals surface area contributed by atoms with Crippen molar-refractivity contribution in [3.8, 4) is 0 Å². The number of benzene rings is 3. The fourth-order valence-electron chi connectivity index (χ4n) is 3.75. The molecular formula is C26H27BrClN3O4S. The molecule has 0 unspecified atom stereocenters. The number of amides is 2. The molecule has 0 aliphatic rings. The third-order valence-corrected chi connectivity index (χ3v) is 7.44. The Balaban J connectivity index is 2.01. The summed E-state index contributed by atoms with van der Waals surface area (Å²) < 4.78 is 27.1. The summed E-state index contributed by atoms with van der Waals surface area (Å²) in [6, 6.07) is 22.1. The minimum atomic E-state index is -3.81. The summed E-state index contributed by atoms with van der Waals surface area (Å²) in [5.74, 6) is -0.866. The third-order valence-electron chi connectivity index (χ3n) is 5.56. The lowest BCUT2D eigenvalue weighted by Crippen LogP contribution is -2.52. The number of hydrogen-bond acceptors (Lipinski definition) is 4. The number of nitrogens with zero attached hydrogens (tertiary/aromatic N) is 2. The predicted molar refractivity (Wildman–Crippen MR) is 146 cm³/mol. The summed E-state index contributed by atoms with van der Waals surface area (Å²) >= 11 is 9.38. The van der Waals surface area contributed by atoms with Gasteiger partial charge in [-0.25, -0.2) is 8.42 Å². The average Bonchev–Trinajstić information content (AvgIpc) is 2.85. The highest BCUT2D eigenvalue weighted by atomic mass is 79.9. The van der Waals surface area contributed by atoms with Gasteiger partial charge >= 0.3 is 0 Å². The molecule has 0 fully saturated rings. The van der Waals surface area contributed by atoms with Crippen LogP contribution in [0.5, 0.6) is 0 Å². The zero-order chi connectivity index (χ0) is 26.3. The number of sulfonamides is 1. The first-order chi connectivity index (χ1) is 17.1.